The van der Waals surface area contributed by atoms with E-state index >= 15 is 0 Å². The van der Waals surface area contributed by atoms with Gasteiger partial charge in [-0.2, -0.15) is 4.89 Å². The third-order valence-corrected chi connectivity index (χ3v) is 5.43. The molecule has 0 spiro atoms. The highest BCUT2D eigenvalue weighted by Gasteiger charge is 2.32. The largest absolute Gasteiger partial charge is 0.547 e. The molecule has 5 heteroatoms. The van der Waals surface area contributed by atoms with Crippen LogP contribution in [0.4, 0.5) is 0 Å². The van der Waals surface area contributed by atoms with Crippen molar-refractivity contribution >= 4 is 19.1 Å². The van der Waals surface area contributed by atoms with Gasteiger partial charge in [0.1, 0.15) is 5.75 Å². The van der Waals surface area contributed by atoms with Crippen molar-refractivity contribution in [2.75, 3.05) is 0 Å². The lowest BCUT2D eigenvalue weighted by Crippen LogP contribution is -2.17. The Kier molecular flexibility index (Phi) is 5.22. The van der Waals surface area contributed by atoms with Crippen LogP contribution in [0.3, 0.4) is 0 Å². The van der Waals surface area contributed by atoms with Crippen molar-refractivity contribution < 1.29 is 19.4 Å². The molecule has 0 saturated carbocycles. The lowest BCUT2D eigenvalue weighted by molar-refractivity contribution is 0.103. The zero-order valence-corrected chi connectivity index (χ0v) is 16.2. The van der Waals surface area contributed by atoms with E-state index in [-0.39, 0.29) is 22.4 Å². The second-order valence-electron chi connectivity index (χ2n) is 6.59. The van der Waals surface area contributed by atoms with Crippen LogP contribution in [0.5, 0.6) is 5.75 Å². The van der Waals surface area contributed by atoms with Crippen molar-refractivity contribution in [1.29, 1.82) is 0 Å². The highest BCUT2D eigenvalue weighted by atomic mass is 31.1. The maximum atomic E-state index is 13.3. The van der Waals surface area contributed by atoms with E-state index in [1.807, 2.05) is 32.9 Å². The molecule has 3 aromatic rings. The van der Waals surface area contributed by atoms with Crippen molar-refractivity contribution in [3.63, 3.8) is 0 Å². The number of hydrogen-bond acceptors (Lipinski definition) is 3. The zero-order valence-electron chi connectivity index (χ0n) is 15.4. The van der Waals surface area contributed by atoms with Crippen molar-refractivity contribution in [3.05, 3.63) is 82.4 Å². The van der Waals surface area contributed by atoms with E-state index in [0.29, 0.717) is 16.7 Å². The minimum Gasteiger partial charge on any atom is -0.507 e. The van der Waals surface area contributed by atoms with Gasteiger partial charge in [-0.05, 0) is 54.7 Å². The van der Waals surface area contributed by atoms with Crippen LogP contribution in [0, 0.1) is 20.8 Å². The van der Waals surface area contributed by atoms with Gasteiger partial charge < -0.3 is 5.11 Å². The molecule has 27 heavy (non-hydrogen) atoms. The fourth-order valence-corrected chi connectivity index (χ4v) is 4.31. The smallest absolute Gasteiger partial charge is 0.507 e. The summed E-state index contributed by atoms with van der Waals surface area (Å²) in [6.07, 6.45) is 0. The first kappa shape index (κ1) is 19.0. The maximum absolute atomic E-state index is 13.3. The summed E-state index contributed by atoms with van der Waals surface area (Å²) in [7, 11) is -2.80. The van der Waals surface area contributed by atoms with Gasteiger partial charge >= 0.3 is 8.03 Å². The van der Waals surface area contributed by atoms with Crippen LogP contribution in [-0.2, 0) is 4.57 Å². The minimum absolute atomic E-state index is 0.0112. The van der Waals surface area contributed by atoms with E-state index < -0.39 is 8.03 Å². The van der Waals surface area contributed by atoms with Gasteiger partial charge in [0, 0.05) is 16.7 Å². The fraction of sp³-hybridized carbons (Fsp3) is 0.136. The van der Waals surface area contributed by atoms with Gasteiger partial charge in [0.2, 0.25) is 5.30 Å². The highest BCUT2D eigenvalue weighted by molar-refractivity contribution is 7.48. The summed E-state index contributed by atoms with van der Waals surface area (Å²) in [4.78, 5) is 23.3. The molecule has 0 fully saturated rings. The number of hydrogen-bond donors (Lipinski definition) is 2. The molecule has 0 aliphatic rings. The molecule has 1 unspecified atom stereocenters. The number of phenols is 1. The van der Waals surface area contributed by atoms with Gasteiger partial charge in [0.25, 0.3) is 0 Å². The van der Waals surface area contributed by atoms with E-state index in [0.717, 1.165) is 16.7 Å². The number of aryl methyl sites for hydroxylation is 3. The zero-order chi connectivity index (χ0) is 19.7. The number of benzene rings is 3. The van der Waals surface area contributed by atoms with Crippen LogP contribution in [0.15, 0.2) is 54.6 Å². The average molecular weight is 379 g/mol. The number of rotatable bonds is 4. The van der Waals surface area contributed by atoms with Gasteiger partial charge in [0.05, 0.1) is 5.56 Å². The van der Waals surface area contributed by atoms with Gasteiger partial charge in [-0.1, -0.05) is 42.0 Å². The van der Waals surface area contributed by atoms with Crippen LogP contribution in [0.1, 0.15) is 32.6 Å². The molecule has 0 saturated heterocycles. The molecule has 1 atom stereocenters. The predicted octanol–water partition coefficient (Wildman–Crippen LogP) is 4.58. The Bertz CT molecular complexity index is 1050. The molecule has 0 radical (unpaired) electrons. The van der Waals surface area contributed by atoms with Gasteiger partial charge in [0.15, 0.2) is 5.78 Å². The van der Waals surface area contributed by atoms with E-state index in [4.69, 9.17) is 0 Å². The van der Waals surface area contributed by atoms with Gasteiger partial charge in [-0.15, -0.1) is 0 Å². The standard InChI is InChI=1S/C22H19O4P/c1-13-11-14(2)20(15(3)12-13)21(24)18-9-6-8-17(22(18)27(25)26)16-7-4-5-10-19(16)23/h4-12H,1-3H3,(H-,23,25,26)/p+1. The summed E-state index contributed by atoms with van der Waals surface area (Å²) in [6, 6.07) is 15.3. The summed E-state index contributed by atoms with van der Waals surface area (Å²) in [5.41, 5.74) is 4.21. The van der Waals surface area contributed by atoms with Crippen molar-refractivity contribution in [1.82, 2.24) is 0 Å². The molecule has 3 rings (SSSR count). The molecule has 0 heterocycles. The van der Waals surface area contributed by atoms with E-state index in [9.17, 15) is 19.4 Å². The lowest BCUT2D eigenvalue weighted by atomic mass is 9.91. The number of phenolic OH excluding ortho intramolecular Hbond substituents is 1. The predicted molar refractivity (Wildman–Crippen MR) is 107 cm³/mol. The fourth-order valence-electron chi connectivity index (χ4n) is 3.52. The number of para-hydroxylation sites is 1. The summed E-state index contributed by atoms with van der Waals surface area (Å²) in [5.74, 6) is -0.308. The van der Waals surface area contributed by atoms with Gasteiger partial charge in [-0.25, -0.2) is 0 Å². The molecule has 2 N–H and O–H groups in total. The van der Waals surface area contributed by atoms with Crippen LogP contribution >= 0.6 is 8.03 Å². The van der Waals surface area contributed by atoms with Crippen molar-refractivity contribution in [2.45, 2.75) is 20.8 Å². The Morgan fingerprint density at radius 1 is 0.889 bits per heavy atom. The molecule has 0 aliphatic heterocycles. The lowest BCUT2D eigenvalue weighted by Gasteiger charge is -2.12. The molecular weight excluding hydrogens is 359 g/mol. The van der Waals surface area contributed by atoms with Gasteiger partial charge in [-0.3, -0.25) is 4.79 Å². The Balaban J connectivity index is 2.26. The Hall–Kier alpha value is -2.81. The third-order valence-electron chi connectivity index (χ3n) is 4.57. The number of ketones is 1. The normalized spacial score (nSPS) is 11.3. The Morgan fingerprint density at radius 3 is 2.07 bits per heavy atom. The molecule has 0 amide bonds. The molecule has 0 aromatic heterocycles. The van der Waals surface area contributed by atoms with Crippen LogP contribution in [-0.4, -0.2) is 15.8 Å². The van der Waals surface area contributed by atoms with E-state index in [2.05, 4.69) is 0 Å². The molecule has 3 aromatic carbocycles. The van der Waals surface area contributed by atoms with Crippen LogP contribution < -0.4 is 5.30 Å². The quantitative estimate of drug-likeness (QED) is 0.514. The number of carbonyl (C=O) groups excluding carboxylic acids is 1. The molecule has 136 valence electrons. The minimum atomic E-state index is -2.80. The first-order valence-corrected chi connectivity index (χ1v) is 9.72. The topological polar surface area (TPSA) is 74.6 Å². The maximum Gasteiger partial charge on any atom is 0.547 e. The summed E-state index contributed by atoms with van der Waals surface area (Å²) in [5, 5.41) is 10.2. The first-order valence-electron chi connectivity index (χ1n) is 8.51. The SMILES string of the molecule is Cc1cc(C)c(C(=O)c2cccc(-c3ccccc3O)c2[P+](=O)O)c(C)c1. The summed E-state index contributed by atoms with van der Waals surface area (Å²) in [6.45, 7) is 5.68. The number of aromatic hydroxyl groups is 1. The average Bonchev–Trinajstić information content (AvgIpc) is 2.60. The molecular formula is C22H20O4P+. The van der Waals surface area contributed by atoms with Crippen LogP contribution in [0.2, 0.25) is 0 Å². The Labute approximate surface area is 159 Å². The Morgan fingerprint density at radius 2 is 1.48 bits per heavy atom. The first-order chi connectivity index (χ1) is 12.8. The molecule has 0 aliphatic carbocycles. The molecule has 0 bridgehead atoms. The third kappa shape index (κ3) is 3.55. The summed E-state index contributed by atoms with van der Waals surface area (Å²) < 4.78 is 12.2. The summed E-state index contributed by atoms with van der Waals surface area (Å²) >= 11 is 0. The highest BCUT2D eigenvalue weighted by Crippen LogP contribution is 2.34. The van der Waals surface area contributed by atoms with E-state index in [1.54, 1.807) is 36.4 Å². The number of carbonyl (C=O) groups is 1. The second kappa shape index (κ2) is 7.43. The second-order valence-corrected chi connectivity index (χ2v) is 7.59. The van der Waals surface area contributed by atoms with Crippen molar-refractivity contribution in [3.8, 4) is 16.9 Å². The molecule has 4 nitrogen and oxygen atoms in total. The van der Waals surface area contributed by atoms with Crippen molar-refractivity contribution in [2.24, 2.45) is 0 Å². The monoisotopic (exact) mass is 379 g/mol. The van der Waals surface area contributed by atoms with Crippen LogP contribution in [0.25, 0.3) is 11.1 Å². The van der Waals surface area contributed by atoms with E-state index in [1.165, 1.54) is 6.07 Å².